The molecule has 1 aliphatic rings. The van der Waals surface area contributed by atoms with Crippen LogP contribution in [0.4, 0.5) is 5.69 Å². The summed E-state index contributed by atoms with van der Waals surface area (Å²) < 4.78 is 1.88. The lowest BCUT2D eigenvalue weighted by Crippen LogP contribution is -2.51. The Hall–Kier alpha value is -2.92. The van der Waals surface area contributed by atoms with Gasteiger partial charge < -0.3 is 4.90 Å². The molecule has 5 heteroatoms. The minimum absolute atomic E-state index is 0.110. The fraction of sp³-hybridized carbons (Fsp3) is 0.273. The molecule has 1 aromatic heterocycles. The van der Waals surface area contributed by atoms with Gasteiger partial charge >= 0.3 is 0 Å². The number of benzene rings is 2. The minimum Gasteiger partial charge on any atom is -0.311 e. The van der Waals surface area contributed by atoms with Crippen LogP contribution in [0.3, 0.4) is 0 Å². The summed E-state index contributed by atoms with van der Waals surface area (Å²) in [6.45, 7) is 1.44. The second kappa shape index (κ2) is 7.76. The minimum atomic E-state index is -0.110. The molecule has 5 nitrogen and oxygen atoms in total. The largest absolute Gasteiger partial charge is 0.311 e. The van der Waals surface area contributed by atoms with Crippen LogP contribution in [0.2, 0.25) is 0 Å². The second-order valence-corrected chi connectivity index (χ2v) is 6.99. The Morgan fingerprint density at radius 2 is 1.67 bits per heavy atom. The van der Waals surface area contributed by atoms with Crippen LogP contribution in [0.5, 0.6) is 0 Å². The van der Waals surface area contributed by atoms with E-state index in [2.05, 4.69) is 10.00 Å². The molecule has 2 aromatic carbocycles. The quantitative estimate of drug-likeness (QED) is 0.699. The SMILES string of the molecule is CN(Cc1ccn(-c2ccccc2)n1)C1CCCN(c2ccccc2)C1=O. The third-order valence-electron chi connectivity index (χ3n) is 5.09. The van der Waals surface area contributed by atoms with Gasteiger partial charge in [0.25, 0.3) is 0 Å². The van der Waals surface area contributed by atoms with Gasteiger partial charge in [-0.3, -0.25) is 9.69 Å². The predicted octanol–water partition coefficient (Wildman–Crippen LogP) is 3.50. The van der Waals surface area contributed by atoms with Gasteiger partial charge in [-0.05, 0) is 50.2 Å². The zero-order valence-corrected chi connectivity index (χ0v) is 15.5. The van der Waals surface area contributed by atoms with Gasteiger partial charge in [0.1, 0.15) is 0 Å². The lowest BCUT2D eigenvalue weighted by atomic mass is 10.0. The highest BCUT2D eigenvalue weighted by atomic mass is 16.2. The van der Waals surface area contributed by atoms with Gasteiger partial charge in [-0.2, -0.15) is 5.10 Å². The lowest BCUT2D eigenvalue weighted by Gasteiger charge is -2.36. The van der Waals surface area contributed by atoms with E-state index < -0.39 is 0 Å². The van der Waals surface area contributed by atoms with Crippen molar-refractivity contribution in [3.8, 4) is 5.69 Å². The molecular formula is C22H24N4O. The maximum Gasteiger partial charge on any atom is 0.244 e. The molecule has 1 fully saturated rings. The summed E-state index contributed by atoms with van der Waals surface area (Å²) in [5, 5.41) is 4.67. The van der Waals surface area contributed by atoms with E-state index in [1.54, 1.807) is 0 Å². The van der Waals surface area contributed by atoms with Crippen LogP contribution in [0, 0.1) is 0 Å². The van der Waals surface area contributed by atoms with Crippen LogP contribution >= 0.6 is 0 Å². The maximum absolute atomic E-state index is 13.0. The van der Waals surface area contributed by atoms with Gasteiger partial charge in [0.15, 0.2) is 0 Å². The van der Waals surface area contributed by atoms with Crippen LogP contribution < -0.4 is 4.90 Å². The van der Waals surface area contributed by atoms with Gasteiger partial charge in [-0.25, -0.2) is 4.68 Å². The number of para-hydroxylation sites is 2. The highest BCUT2D eigenvalue weighted by Crippen LogP contribution is 2.23. The van der Waals surface area contributed by atoms with Crippen LogP contribution in [0.15, 0.2) is 72.9 Å². The van der Waals surface area contributed by atoms with Gasteiger partial charge in [-0.15, -0.1) is 0 Å². The first-order valence-electron chi connectivity index (χ1n) is 9.39. The summed E-state index contributed by atoms with van der Waals surface area (Å²) in [6.07, 6.45) is 3.86. The predicted molar refractivity (Wildman–Crippen MR) is 107 cm³/mol. The molecule has 1 atom stereocenters. The molecule has 2 heterocycles. The first-order chi connectivity index (χ1) is 13.2. The Kier molecular flexibility index (Phi) is 5.03. The summed E-state index contributed by atoms with van der Waals surface area (Å²) in [5.41, 5.74) is 2.98. The number of carbonyl (C=O) groups excluding carboxylic acids is 1. The number of hydrogen-bond acceptors (Lipinski definition) is 3. The zero-order valence-electron chi connectivity index (χ0n) is 15.5. The Bertz CT molecular complexity index is 891. The van der Waals surface area contributed by atoms with Crippen molar-refractivity contribution in [1.82, 2.24) is 14.7 Å². The molecule has 0 spiro atoms. The summed E-state index contributed by atoms with van der Waals surface area (Å²) in [6, 6.07) is 21.9. The summed E-state index contributed by atoms with van der Waals surface area (Å²) in [4.78, 5) is 17.1. The third-order valence-corrected chi connectivity index (χ3v) is 5.09. The average Bonchev–Trinajstić information content (AvgIpc) is 3.18. The Morgan fingerprint density at radius 1 is 1.00 bits per heavy atom. The first kappa shape index (κ1) is 17.5. The molecular weight excluding hydrogens is 336 g/mol. The van der Waals surface area contributed by atoms with Gasteiger partial charge in [0, 0.05) is 25.0 Å². The number of nitrogens with zero attached hydrogens (tertiary/aromatic N) is 4. The molecule has 0 N–H and O–H groups in total. The number of hydrogen-bond donors (Lipinski definition) is 0. The molecule has 27 heavy (non-hydrogen) atoms. The topological polar surface area (TPSA) is 41.4 Å². The van der Waals surface area contributed by atoms with Gasteiger partial charge in [0.05, 0.1) is 17.4 Å². The van der Waals surface area contributed by atoms with E-state index in [0.717, 1.165) is 36.5 Å². The van der Waals surface area contributed by atoms with Gasteiger partial charge in [-0.1, -0.05) is 36.4 Å². The number of anilines is 1. The number of amides is 1. The highest BCUT2D eigenvalue weighted by Gasteiger charge is 2.32. The molecule has 0 bridgehead atoms. The van der Waals surface area contributed by atoms with E-state index in [9.17, 15) is 4.79 Å². The van der Waals surface area contributed by atoms with Gasteiger partial charge in [0.2, 0.25) is 5.91 Å². The summed E-state index contributed by atoms with van der Waals surface area (Å²) >= 11 is 0. The molecule has 1 unspecified atom stereocenters. The molecule has 0 radical (unpaired) electrons. The van der Waals surface area contributed by atoms with Crippen molar-refractivity contribution < 1.29 is 4.79 Å². The van der Waals surface area contributed by atoms with Crippen molar-refractivity contribution in [2.45, 2.75) is 25.4 Å². The molecule has 3 aromatic rings. The normalized spacial score (nSPS) is 17.5. The fourth-order valence-electron chi connectivity index (χ4n) is 3.67. The molecule has 0 saturated carbocycles. The maximum atomic E-state index is 13.0. The Balaban J connectivity index is 1.46. The lowest BCUT2D eigenvalue weighted by molar-refractivity contribution is -0.125. The molecule has 0 aliphatic carbocycles. The smallest absolute Gasteiger partial charge is 0.244 e. The molecule has 1 amide bonds. The van der Waals surface area contributed by atoms with Crippen molar-refractivity contribution in [1.29, 1.82) is 0 Å². The Morgan fingerprint density at radius 3 is 2.37 bits per heavy atom. The third kappa shape index (κ3) is 3.78. The number of rotatable bonds is 5. The highest BCUT2D eigenvalue weighted by molar-refractivity contribution is 5.97. The van der Waals surface area contributed by atoms with Crippen LogP contribution in [0.25, 0.3) is 5.69 Å². The van der Waals surface area contributed by atoms with Crippen molar-refractivity contribution in [3.63, 3.8) is 0 Å². The van der Waals surface area contributed by atoms with Crippen molar-refractivity contribution in [3.05, 3.63) is 78.6 Å². The number of likely N-dealkylation sites (N-methyl/N-ethyl adjacent to an activating group) is 1. The average molecular weight is 360 g/mol. The fourth-order valence-corrected chi connectivity index (χ4v) is 3.67. The van der Waals surface area contributed by atoms with E-state index in [0.29, 0.717) is 6.54 Å². The molecule has 1 aliphatic heterocycles. The standard InChI is InChI=1S/C22H24N4O/c1-24(17-18-14-16-26(23-18)20-11-6-3-7-12-20)21-13-8-15-25(22(21)27)19-9-4-2-5-10-19/h2-7,9-12,14,16,21H,8,13,15,17H2,1H3. The zero-order chi connectivity index (χ0) is 18.6. The number of piperidine rings is 1. The van der Waals surface area contributed by atoms with Crippen molar-refractivity contribution >= 4 is 11.6 Å². The summed E-state index contributed by atoms with van der Waals surface area (Å²) in [7, 11) is 2.01. The van der Waals surface area contributed by atoms with Crippen LogP contribution in [-0.2, 0) is 11.3 Å². The molecule has 4 rings (SSSR count). The van der Waals surface area contributed by atoms with Crippen LogP contribution in [-0.4, -0.2) is 40.2 Å². The second-order valence-electron chi connectivity index (χ2n) is 6.99. The molecule has 1 saturated heterocycles. The van der Waals surface area contributed by atoms with E-state index in [1.165, 1.54) is 0 Å². The number of carbonyl (C=O) groups is 1. The summed E-state index contributed by atoms with van der Waals surface area (Å²) in [5.74, 6) is 0.178. The monoisotopic (exact) mass is 360 g/mol. The van der Waals surface area contributed by atoms with Crippen LogP contribution in [0.1, 0.15) is 18.5 Å². The number of aromatic nitrogens is 2. The molecule has 138 valence electrons. The van der Waals surface area contributed by atoms with Crippen molar-refractivity contribution in [2.24, 2.45) is 0 Å². The van der Waals surface area contributed by atoms with E-state index >= 15 is 0 Å². The Labute approximate surface area is 159 Å². The van der Waals surface area contributed by atoms with E-state index in [-0.39, 0.29) is 11.9 Å². The van der Waals surface area contributed by atoms with E-state index in [4.69, 9.17) is 0 Å². The van der Waals surface area contributed by atoms with Crippen molar-refractivity contribution in [2.75, 3.05) is 18.5 Å². The van der Waals surface area contributed by atoms with E-state index in [1.807, 2.05) is 89.6 Å². The first-order valence-corrected chi connectivity index (χ1v) is 9.39.